The molecule has 216 valence electrons. The Balaban J connectivity index is 0.000000714. The lowest BCUT2D eigenvalue weighted by molar-refractivity contribution is -0.128. The molecule has 0 aliphatic carbocycles. The number of nitrogens with zero attached hydrogens (tertiary/aromatic N) is 4. The van der Waals surface area contributed by atoms with Gasteiger partial charge in [-0.15, -0.1) is 0 Å². The molecule has 5 rings (SSSR count). The van der Waals surface area contributed by atoms with Crippen LogP contribution in [-0.2, 0) is 21.5 Å². The Morgan fingerprint density at radius 1 is 1.15 bits per heavy atom. The van der Waals surface area contributed by atoms with Crippen LogP contribution in [0, 0.1) is 5.41 Å². The normalized spacial score (nSPS) is 11.7. The molecule has 11 nitrogen and oxygen atoms in total. The first-order valence-corrected chi connectivity index (χ1v) is 15.4. The smallest absolute Gasteiger partial charge is 0.261 e. The topological polar surface area (TPSA) is 148 Å². The molecule has 3 N–H and O–H groups in total. The van der Waals surface area contributed by atoms with Crippen LogP contribution in [0.4, 0.5) is 11.5 Å². The highest BCUT2D eigenvalue weighted by molar-refractivity contribution is 7.85. The van der Waals surface area contributed by atoms with Crippen molar-refractivity contribution in [2.75, 3.05) is 18.1 Å². The van der Waals surface area contributed by atoms with E-state index >= 15 is 0 Å². The van der Waals surface area contributed by atoms with Crippen LogP contribution in [0.2, 0.25) is 5.02 Å². The molecule has 0 saturated heterocycles. The van der Waals surface area contributed by atoms with Gasteiger partial charge in [0.2, 0.25) is 5.91 Å². The SMILES string of the molecule is CC(C)(C)C(=O)NCCn1ccc2ncnc(Nc3ccc(Oc4cccc5sncc45)c(Cl)c3)c21.CS(=O)(=O)O. The van der Waals surface area contributed by atoms with E-state index in [0.717, 1.165) is 26.8 Å². The summed E-state index contributed by atoms with van der Waals surface area (Å²) in [4.78, 5) is 21.0. The van der Waals surface area contributed by atoms with Crippen LogP contribution < -0.4 is 15.4 Å². The van der Waals surface area contributed by atoms with Crippen LogP contribution in [0.1, 0.15) is 20.8 Å². The Morgan fingerprint density at radius 2 is 1.90 bits per heavy atom. The van der Waals surface area contributed by atoms with Gasteiger partial charge in [-0.2, -0.15) is 12.8 Å². The Bertz CT molecular complexity index is 1790. The van der Waals surface area contributed by atoms with Gasteiger partial charge in [0.15, 0.2) is 5.82 Å². The molecule has 0 spiro atoms. The summed E-state index contributed by atoms with van der Waals surface area (Å²) in [6.07, 6.45) is 5.97. The van der Waals surface area contributed by atoms with E-state index in [1.807, 2.05) is 67.9 Å². The van der Waals surface area contributed by atoms with Gasteiger partial charge in [-0.1, -0.05) is 38.4 Å². The fourth-order valence-electron chi connectivity index (χ4n) is 3.74. The number of aromatic nitrogens is 4. The fourth-order valence-corrected chi connectivity index (χ4v) is 4.62. The molecule has 14 heteroatoms. The number of nitrogens with one attached hydrogen (secondary N) is 2. The van der Waals surface area contributed by atoms with Crippen molar-refractivity contribution in [1.29, 1.82) is 0 Å². The van der Waals surface area contributed by atoms with Crippen LogP contribution in [0.25, 0.3) is 21.1 Å². The van der Waals surface area contributed by atoms with E-state index in [2.05, 4.69) is 25.0 Å². The highest BCUT2D eigenvalue weighted by Gasteiger charge is 2.20. The van der Waals surface area contributed by atoms with Crippen molar-refractivity contribution in [3.05, 3.63) is 66.2 Å². The molecular formula is C27H29ClN6O5S2. The van der Waals surface area contributed by atoms with E-state index in [-0.39, 0.29) is 5.91 Å². The predicted molar refractivity (Wildman–Crippen MR) is 162 cm³/mol. The highest BCUT2D eigenvalue weighted by atomic mass is 35.5. The minimum absolute atomic E-state index is 0.0111. The van der Waals surface area contributed by atoms with Crippen LogP contribution in [0.5, 0.6) is 11.5 Å². The van der Waals surface area contributed by atoms with E-state index < -0.39 is 15.5 Å². The maximum Gasteiger partial charge on any atom is 0.261 e. The van der Waals surface area contributed by atoms with Crippen molar-refractivity contribution >= 4 is 71.8 Å². The van der Waals surface area contributed by atoms with Gasteiger partial charge in [0.25, 0.3) is 10.1 Å². The van der Waals surface area contributed by atoms with E-state index in [1.54, 1.807) is 12.3 Å². The number of rotatable bonds is 7. The predicted octanol–water partition coefficient (Wildman–Crippen LogP) is 5.90. The lowest BCUT2D eigenvalue weighted by Crippen LogP contribution is -2.36. The Hall–Kier alpha value is -3.78. The molecule has 0 bridgehead atoms. The summed E-state index contributed by atoms with van der Waals surface area (Å²) in [6.45, 7) is 6.77. The third-order valence-corrected chi connectivity index (χ3v) is 6.70. The Kier molecular flexibility index (Phi) is 9.12. The quantitative estimate of drug-likeness (QED) is 0.190. The Morgan fingerprint density at radius 3 is 2.61 bits per heavy atom. The minimum Gasteiger partial charge on any atom is -0.455 e. The van der Waals surface area contributed by atoms with Crippen LogP contribution >= 0.6 is 23.1 Å². The molecule has 0 fully saturated rings. The largest absolute Gasteiger partial charge is 0.455 e. The highest BCUT2D eigenvalue weighted by Crippen LogP contribution is 2.36. The summed E-state index contributed by atoms with van der Waals surface area (Å²) < 4.78 is 39.3. The first-order chi connectivity index (χ1) is 19.3. The zero-order valence-corrected chi connectivity index (χ0v) is 25.1. The Labute approximate surface area is 246 Å². The monoisotopic (exact) mass is 616 g/mol. The zero-order chi connectivity index (χ0) is 29.8. The van der Waals surface area contributed by atoms with Crippen LogP contribution in [-0.4, -0.2) is 50.6 Å². The standard InChI is InChI=1S/C26H25ClN6O2S.CH4O3S/c1-26(2,3)25(34)28-10-12-33-11-9-19-23(33)24(30-15-29-19)32-16-7-8-21(18(27)13-16)35-20-5-4-6-22-17(20)14-31-36-22;1-5(2,3)4/h4-9,11,13-15H,10,12H2,1-3H3,(H,28,34)(H,29,30,32);1H3,(H,2,3,4). The van der Waals surface area contributed by atoms with E-state index in [1.165, 1.54) is 17.9 Å². The number of amides is 1. The number of hydrogen-bond donors (Lipinski definition) is 3. The maximum atomic E-state index is 12.2. The first kappa shape index (κ1) is 30.2. The van der Waals surface area contributed by atoms with Gasteiger partial charge in [-0.05, 0) is 47.9 Å². The van der Waals surface area contributed by atoms with E-state index in [9.17, 15) is 13.2 Å². The number of ether oxygens (including phenoxy) is 1. The lowest BCUT2D eigenvalue weighted by Gasteiger charge is -2.18. The number of carbonyl (C=O) groups is 1. The van der Waals surface area contributed by atoms with Gasteiger partial charge < -0.3 is 19.9 Å². The van der Waals surface area contributed by atoms with Crippen molar-refractivity contribution in [2.45, 2.75) is 27.3 Å². The summed E-state index contributed by atoms with van der Waals surface area (Å²) in [6, 6.07) is 13.3. The average Bonchev–Trinajstić information content (AvgIpc) is 3.52. The number of fused-ring (bicyclic) bond motifs is 2. The minimum atomic E-state index is -3.67. The zero-order valence-electron chi connectivity index (χ0n) is 22.8. The molecule has 5 aromatic rings. The van der Waals surface area contributed by atoms with Gasteiger partial charge in [0.1, 0.15) is 23.3 Å². The van der Waals surface area contributed by atoms with Crippen LogP contribution in [0.3, 0.4) is 0 Å². The summed E-state index contributed by atoms with van der Waals surface area (Å²) in [5.74, 6) is 1.91. The number of anilines is 2. The van der Waals surface area contributed by atoms with Gasteiger partial charge in [0, 0.05) is 30.4 Å². The molecule has 0 aliphatic rings. The second-order valence-corrected chi connectivity index (χ2v) is 12.8. The molecule has 1 amide bonds. The third-order valence-electron chi connectivity index (χ3n) is 5.64. The molecule has 0 atom stereocenters. The van der Waals surface area contributed by atoms with Crippen molar-refractivity contribution in [2.24, 2.45) is 5.41 Å². The maximum absolute atomic E-state index is 12.2. The van der Waals surface area contributed by atoms with Gasteiger partial charge in [-0.25, -0.2) is 9.97 Å². The first-order valence-electron chi connectivity index (χ1n) is 12.4. The molecule has 3 heterocycles. The van der Waals surface area contributed by atoms with Gasteiger partial charge >= 0.3 is 0 Å². The van der Waals surface area contributed by atoms with Crippen molar-refractivity contribution in [3.63, 3.8) is 0 Å². The number of benzene rings is 2. The molecule has 3 aromatic heterocycles. The molecule has 0 aliphatic heterocycles. The summed E-state index contributed by atoms with van der Waals surface area (Å²) in [5, 5.41) is 7.74. The summed E-state index contributed by atoms with van der Waals surface area (Å²) >= 11 is 8.00. The van der Waals surface area contributed by atoms with E-state index in [0.29, 0.717) is 41.7 Å². The average molecular weight is 617 g/mol. The molecule has 0 saturated carbocycles. The second-order valence-electron chi connectivity index (χ2n) is 10.1. The van der Waals surface area contributed by atoms with Gasteiger partial charge in [0.05, 0.1) is 33.1 Å². The molecule has 0 radical (unpaired) electrons. The molecule has 2 aromatic carbocycles. The number of carbonyl (C=O) groups excluding carboxylic acids is 1. The lowest BCUT2D eigenvalue weighted by atomic mass is 9.96. The molecular weight excluding hydrogens is 588 g/mol. The van der Waals surface area contributed by atoms with Crippen LogP contribution in [0.15, 0.2) is 61.2 Å². The van der Waals surface area contributed by atoms with Crippen molar-refractivity contribution in [1.82, 2.24) is 24.2 Å². The summed E-state index contributed by atoms with van der Waals surface area (Å²) in [5.41, 5.74) is 1.97. The third kappa shape index (κ3) is 8.13. The van der Waals surface area contributed by atoms with E-state index in [4.69, 9.17) is 20.9 Å². The van der Waals surface area contributed by atoms with Gasteiger partial charge in [-0.3, -0.25) is 9.35 Å². The second kappa shape index (κ2) is 12.4. The summed E-state index contributed by atoms with van der Waals surface area (Å²) in [7, 11) is -3.67. The van der Waals surface area contributed by atoms with Crippen molar-refractivity contribution < 1.29 is 22.5 Å². The fraction of sp³-hybridized carbons (Fsp3) is 0.259. The molecule has 41 heavy (non-hydrogen) atoms. The number of hydrogen-bond acceptors (Lipinski definition) is 9. The number of halogens is 1. The van der Waals surface area contributed by atoms with Crippen molar-refractivity contribution in [3.8, 4) is 11.5 Å². The molecule has 0 unspecified atom stereocenters.